The van der Waals surface area contributed by atoms with Crippen LogP contribution in [0.2, 0.25) is 0 Å². The van der Waals surface area contributed by atoms with Crippen molar-refractivity contribution >= 4 is 17.6 Å². The van der Waals surface area contributed by atoms with Crippen LogP contribution < -0.4 is 5.32 Å². The van der Waals surface area contributed by atoms with Gasteiger partial charge in [0.05, 0.1) is 6.54 Å². The molecule has 6 nitrogen and oxygen atoms in total. The van der Waals surface area contributed by atoms with E-state index in [1.807, 2.05) is 13.8 Å². The zero-order chi connectivity index (χ0) is 16.1. The molecular weight excluding hydrogens is 282 g/mol. The van der Waals surface area contributed by atoms with Gasteiger partial charge in [-0.1, -0.05) is 19.0 Å². The first-order chi connectivity index (χ1) is 10.5. The van der Waals surface area contributed by atoms with Crippen LogP contribution >= 0.6 is 0 Å². The molecule has 0 saturated heterocycles. The number of rotatable bonds is 8. The minimum atomic E-state index is -0.228. The fourth-order valence-electron chi connectivity index (χ4n) is 2.52. The average molecular weight is 307 g/mol. The van der Waals surface area contributed by atoms with Gasteiger partial charge in [0.2, 0.25) is 11.8 Å². The summed E-state index contributed by atoms with van der Waals surface area (Å²) in [6.07, 6.45) is 3.91. The van der Waals surface area contributed by atoms with Gasteiger partial charge in [0.1, 0.15) is 5.76 Å². The fraction of sp³-hybridized carbons (Fsp3) is 0.688. The standard InChI is InChI=1S/C16H25N3O3/c1-4-13(5-2)16(21)19(9-12-6-7-12)10-15(20)17-14-8-11(3)22-18-14/h8,12-13H,4-7,9-10H2,1-3H3,(H,17,18,20). The molecule has 1 N–H and O–H groups in total. The summed E-state index contributed by atoms with van der Waals surface area (Å²) in [4.78, 5) is 26.4. The number of amides is 2. The van der Waals surface area contributed by atoms with Crippen LogP contribution in [0.4, 0.5) is 5.82 Å². The third kappa shape index (κ3) is 4.58. The van der Waals surface area contributed by atoms with E-state index in [1.54, 1.807) is 17.9 Å². The van der Waals surface area contributed by atoms with E-state index in [2.05, 4.69) is 10.5 Å². The Morgan fingerprint density at radius 3 is 2.59 bits per heavy atom. The molecule has 1 heterocycles. The van der Waals surface area contributed by atoms with Crippen molar-refractivity contribution in [2.75, 3.05) is 18.4 Å². The molecule has 0 aromatic carbocycles. The van der Waals surface area contributed by atoms with E-state index in [0.29, 0.717) is 24.0 Å². The van der Waals surface area contributed by atoms with E-state index in [0.717, 1.165) is 25.7 Å². The molecular formula is C16H25N3O3. The average Bonchev–Trinajstić information content (AvgIpc) is 3.21. The molecule has 122 valence electrons. The molecule has 0 spiro atoms. The Labute approximate surface area is 131 Å². The van der Waals surface area contributed by atoms with Crippen molar-refractivity contribution in [1.82, 2.24) is 10.1 Å². The summed E-state index contributed by atoms with van der Waals surface area (Å²) in [6, 6.07) is 1.66. The van der Waals surface area contributed by atoms with Crippen molar-refractivity contribution in [1.29, 1.82) is 0 Å². The molecule has 1 fully saturated rings. The minimum Gasteiger partial charge on any atom is -0.360 e. The number of aryl methyl sites for hydroxylation is 1. The Hall–Kier alpha value is -1.85. The quantitative estimate of drug-likeness (QED) is 0.801. The summed E-state index contributed by atoms with van der Waals surface area (Å²) in [5.74, 6) is 1.44. The topological polar surface area (TPSA) is 75.4 Å². The van der Waals surface area contributed by atoms with Crippen LogP contribution in [0.25, 0.3) is 0 Å². The summed E-state index contributed by atoms with van der Waals surface area (Å²) in [5.41, 5.74) is 0. The molecule has 1 aromatic rings. The van der Waals surface area contributed by atoms with Crippen LogP contribution in [0, 0.1) is 18.8 Å². The van der Waals surface area contributed by atoms with Gasteiger partial charge in [-0.25, -0.2) is 0 Å². The van der Waals surface area contributed by atoms with Crippen molar-refractivity contribution in [2.24, 2.45) is 11.8 Å². The highest BCUT2D eigenvalue weighted by atomic mass is 16.5. The van der Waals surface area contributed by atoms with E-state index >= 15 is 0 Å². The summed E-state index contributed by atoms with van der Waals surface area (Å²) in [7, 11) is 0. The maximum Gasteiger partial charge on any atom is 0.245 e. The lowest BCUT2D eigenvalue weighted by Gasteiger charge is -2.26. The van der Waals surface area contributed by atoms with Gasteiger partial charge in [-0.3, -0.25) is 9.59 Å². The van der Waals surface area contributed by atoms with E-state index in [9.17, 15) is 9.59 Å². The van der Waals surface area contributed by atoms with E-state index in [1.165, 1.54) is 0 Å². The first-order valence-electron chi connectivity index (χ1n) is 8.05. The number of hydrogen-bond donors (Lipinski definition) is 1. The highest BCUT2D eigenvalue weighted by molar-refractivity contribution is 5.94. The second kappa shape index (κ2) is 7.42. The molecule has 0 aliphatic heterocycles. The Balaban J connectivity index is 1.95. The Morgan fingerprint density at radius 2 is 2.09 bits per heavy atom. The van der Waals surface area contributed by atoms with Crippen molar-refractivity contribution < 1.29 is 14.1 Å². The Kier molecular flexibility index (Phi) is 5.57. The number of hydrogen-bond acceptors (Lipinski definition) is 4. The lowest BCUT2D eigenvalue weighted by molar-refractivity contribution is -0.138. The molecule has 0 unspecified atom stereocenters. The normalized spacial score (nSPS) is 14.2. The lowest BCUT2D eigenvalue weighted by Crippen LogP contribution is -2.42. The van der Waals surface area contributed by atoms with Gasteiger partial charge in [0, 0.05) is 18.5 Å². The van der Waals surface area contributed by atoms with E-state index in [4.69, 9.17) is 4.52 Å². The fourth-order valence-corrected chi connectivity index (χ4v) is 2.52. The summed E-state index contributed by atoms with van der Waals surface area (Å²) < 4.78 is 4.92. The molecule has 0 atom stereocenters. The molecule has 1 saturated carbocycles. The number of aromatic nitrogens is 1. The number of nitrogens with one attached hydrogen (secondary N) is 1. The van der Waals surface area contributed by atoms with E-state index < -0.39 is 0 Å². The van der Waals surface area contributed by atoms with E-state index in [-0.39, 0.29) is 24.3 Å². The molecule has 2 rings (SSSR count). The lowest BCUT2D eigenvalue weighted by atomic mass is 10.0. The predicted octanol–water partition coefficient (Wildman–Crippen LogP) is 2.60. The van der Waals surface area contributed by atoms with Crippen molar-refractivity contribution in [3.05, 3.63) is 11.8 Å². The molecule has 22 heavy (non-hydrogen) atoms. The molecule has 0 bridgehead atoms. The molecule has 1 aliphatic rings. The largest absolute Gasteiger partial charge is 0.360 e. The maximum atomic E-state index is 12.6. The highest BCUT2D eigenvalue weighted by Crippen LogP contribution is 2.30. The number of nitrogens with zero attached hydrogens (tertiary/aromatic N) is 2. The van der Waals surface area contributed by atoms with Crippen LogP contribution in [-0.2, 0) is 9.59 Å². The highest BCUT2D eigenvalue weighted by Gasteiger charge is 2.30. The van der Waals surface area contributed by atoms with Gasteiger partial charge in [-0.2, -0.15) is 0 Å². The maximum absolute atomic E-state index is 12.6. The van der Waals surface area contributed by atoms with Crippen molar-refractivity contribution in [3.63, 3.8) is 0 Å². The number of carbonyl (C=O) groups excluding carboxylic acids is 2. The predicted molar refractivity (Wildman–Crippen MR) is 83.2 cm³/mol. The SMILES string of the molecule is CCC(CC)C(=O)N(CC(=O)Nc1cc(C)on1)CC1CC1. The van der Waals surface area contributed by atoms with Gasteiger partial charge < -0.3 is 14.7 Å². The smallest absolute Gasteiger partial charge is 0.245 e. The number of anilines is 1. The monoisotopic (exact) mass is 307 g/mol. The van der Waals surface area contributed by atoms with Gasteiger partial charge in [-0.05, 0) is 38.5 Å². The van der Waals surface area contributed by atoms with Crippen molar-refractivity contribution in [2.45, 2.75) is 46.5 Å². The first kappa shape index (κ1) is 16.5. The minimum absolute atomic E-state index is 0.000782. The molecule has 2 amide bonds. The zero-order valence-corrected chi connectivity index (χ0v) is 13.6. The second-order valence-corrected chi connectivity index (χ2v) is 6.05. The Bertz CT molecular complexity index is 518. The molecule has 1 aliphatic carbocycles. The summed E-state index contributed by atoms with van der Waals surface area (Å²) in [5, 5.41) is 6.42. The van der Waals surface area contributed by atoms with Gasteiger partial charge in [0.15, 0.2) is 5.82 Å². The molecule has 6 heteroatoms. The van der Waals surface area contributed by atoms with Crippen LogP contribution in [0.3, 0.4) is 0 Å². The van der Waals surface area contributed by atoms with Crippen LogP contribution in [0.5, 0.6) is 0 Å². The zero-order valence-electron chi connectivity index (χ0n) is 13.6. The second-order valence-electron chi connectivity index (χ2n) is 6.05. The first-order valence-corrected chi connectivity index (χ1v) is 8.05. The van der Waals surface area contributed by atoms with Crippen LogP contribution in [-0.4, -0.2) is 35.0 Å². The van der Waals surface area contributed by atoms with Gasteiger partial charge >= 0.3 is 0 Å². The third-order valence-electron chi connectivity index (χ3n) is 4.05. The van der Waals surface area contributed by atoms with Gasteiger partial charge in [-0.15, -0.1) is 0 Å². The summed E-state index contributed by atoms with van der Waals surface area (Å²) in [6.45, 7) is 6.55. The third-order valence-corrected chi connectivity index (χ3v) is 4.05. The number of carbonyl (C=O) groups is 2. The van der Waals surface area contributed by atoms with Crippen LogP contribution in [0.15, 0.2) is 10.6 Å². The van der Waals surface area contributed by atoms with Crippen LogP contribution in [0.1, 0.15) is 45.3 Å². The van der Waals surface area contributed by atoms with Gasteiger partial charge in [0.25, 0.3) is 0 Å². The Morgan fingerprint density at radius 1 is 1.41 bits per heavy atom. The summed E-state index contributed by atoms with van der Waals surface area (Å²) >= 11 is 0. The molecule has 1 aromatic heterocycles. The van der Waals surface area contributed by atoms with Crippen molar-refractivity contribution in [3.8, 4) is 0 Å². The molecule has 0 radical (unpaired) electrons.